The second-order valence-corrected chi connectivity index (χ2v) is 8.24. The molecule has 2 amide bonds. The van der Waals surface area contributed by atoms with Crippen molar-refractivity contribution in [3.8, 4) is 28.3 Å². The van der Waals surface area contributed by atoms with Gasteiger partial charge in [0.25, 0.3) is 5.91 Å². The molecule has 9 nitrogen and oxygen atoms in total. The number of alkyl halides is 3. The Bertz CT molecular complexity index is 1270. The third-order valence-electron chi connectivity index (χ3n) is 5.46. The maximum atomic E-state index is 12.0. The number of H-pyrrole nitrogens is 1. The van der Waals surface area contributed by atoms with Gasteiger partial charge in [-0.1, -0.05) is 0 Å². The molecule has 1 aliphatic rings. The Hall–Kier alpha value is -4.35. The van der Waals surface area contributed by atoms with Crippen LogP contribution in [-0.2, 0) is 16.0 Å². The standard InChI is InChI=1S/C24H26N4O3.C2HF3O2/c1-2-25-23(29)4-3-13-31-18-7-5-16(6-8-18)21-14-17(9-11-26-21)22-15-19-20(28-22)10-12-27-24(19)30;3-2(4,5)1(6)7/h5-9,11,14-15,28H,2-4,10,12-13H2,1H3,(H,25,29)(H,27,30);(H,6,7). The van der Waals surface area contributed by atoms with Gasteiger partial charge in [-0.3, -0.25) is 14.6 Å². The first-order chi connectivity index (χ1) is 18.1. The molecule has 0 saturated carbocycles. The number of hydrogen-bond donors (Lipinski definition) is 4. The van der Waals surface area contributed by atoms with Crippen LogP contribution >= 0.6 is 0 Å². The summed E-state index contributed by atoms with van der Waals surface area (Å²) in [7, 11) is 0. The van der Waals surface area contributed by atoms with Crippen LogP contribution in [0.15, 0.2) is 48.7 Å². The number of ether oxygens (including phenoxy) is 1. The smallest absolute Gasteiger partial charge is 0.490 e. The molecular formula is C26H27F3N4O5. The number of pyridine rings is 1. The van der Waals surface area contributed by atoms with Crippen LogP contribution in [0.2, 0.25) is 0 Å². The van der Waals surface area contributed by atoms with E-state index in [2.05, 4.69) is 20.6 Å². The van der Waals surface area contributed by atoms with Gasteiger partial charge in [-0.2, -0.15) is 13.2 Å². The van der Waals surface area contributed by atoms with Crippen molar-refractivity contribution in [3.63, 3.8) is 0 Å². The topological polar surface area (TPSA) is 133 Å². The predicted octanol–water partition coefficient (Wildman–Crippen LogP) is 3.96. The summed E-state index contributed by atoms with van der Waals surface area (Å²) in [5, 5.41) is 12.8. The number of rotatable bonds is 8. The highest BCUT2D eigenvalue weighted by Gasteiger charge is 2.38. The average Bonchev–Trinajstić information content (AvgIpc) is 3.33. The molecule has 4 N–H and O–H groups in total. The molecular weight excluding hydrogens is 505 g/mol. The fraction of sp³-hybridized carbons (Fsp3) is 0.308. The minimum atomic E-state index is -5.08. The zero-order chi connectivity index (χ0) is 27.7. The Labute approximate surface area is 216 Å². The van der Waals surface area contributed by atoms with Crippen molar-refractivity contribution in [2.75, 3.05) is 19.7 Å². The number of carbonyl (C=O) groups excluding carboxylic acids is 2. The van der Waals surface area contributed by atoms with Gasteiger partial charge in [-0.15, -0.1) is 0 Å². The molecule has 0 unspecified atom stereocenters. The van der Waals surface area contributed by atoms with Crippen molar-refractivity contribution in [1.29, 1.82) is 0 Å². The van der Waals surface area contributed by atoms with Crippen LogP contribution < -0.4 is 15.4 Å². The lowest BCUT2D eigenvalue weighted by Gasteiger charge is -2.11. The van der Waals surface area contributed by atoms with Crippen LogP contribution in [0.4, 0.5) is 13.2 Å². The summed E-state index contributed by atoms with van der Waals surface area (Å²) in [6, 6.07) is 13.6. The van der Waals surface area contributed by atoms with E-state index in [1.54, 1.807) is 6.20 Å². The fourth-order valence-electron chi connectivity index (χ4n) is 3.64. The Morgan fingerprint density at radius 3 is 2.47 bits per heavy atom. The summed E-state index contributed by atoms with van der Waals surface area (Å²) < 4.78 is 37.5. The number of benzene rings is 1. The molecule has 12 heteroatoms. The van der Waals surface area contributed by atoms with Gasteiger partial charge in [0.2, 0.25) is 5.91 Å². The van der Waals surface area contributed by atoms with Crippen molar-refractivity contribution in [2.24, 2.45) is 0 Å². The number of carboxylic acids is 1. The minimum Gasteiger partial charge on any atom is -0.494 e. The molecule has 3 aromatic rings. The highest BCUT2D eigenvalue weighted by Crippen LogP contribution is 2.28. The monoisotopic (exact) mass is 532 g/mol. The number of halogens is 3. The molecule has 0 fully saturated rings. The molecule has 3 heterocycles. The van der Waals surface area contributed by atoms with Crippen LogP contribution in [0, 0.1) is 0 Å². The normalized spacial score (nSPS) is 12.5. The van der Waals surface area contributed by atoms with Crippen molar-refractivity contribution < 1.29 is 37.4 Å². The zero-order valence-electron chi connectivity index (χ0n) is 20.5. The molecule has 1 aliphatic heterocycles. The van der Waals surface area contributed by atoms with Gasteiger partial charge in [-0.25, -0.2) is 4.79 Å². The number of aromatic nitrogens is 2. The summed E-state index contributed by atoms with van der Waals surface area (Å²) in [4.78, 5) is 40.3. The predicted molar refractivity (Wildman–Crippen MR) is 133 cm³/mol. The third-order valence-corrected chi connectivity index (χ3v) is 5.46. The van der Waals surface area contributed by atoms with Crippen LogP contribution in [0.1, 0.15) is 35.8 Å². The van der Waals surface area contributed by atoms with E-state index in [-0.39, 0.29) is 11.8 Å². The van der Waals surface area contributed by atoms with Crippen molar-refractivity contribution in [2.45, 2.75) is 32.4 Å². The van der Waals surface area contributed by atoms with E-state index in [0.717, 1.165) is 40.4 Å². The van der Waals surface area contributed by atoms with E-state index < -0.39 is 12.1 Å². The first-order valence-corrected chi connectivity index (χ1v) is 11.8. The van der Waals surface area contributed by atoms with Gasteiger partial charge in [0.1, 0.15) is 5.75 Å². The Morgan fingerprint density at radius 1 is 1.13 bits per heavy atom. The average molecular weight is 533 g/mol. The number of hydrogen-bond acceptors (Lipinski definition) is 5. The fourth-order valence-corrected chi connectivity index (χ4v) is 3.64. The summed E-state index contributed by atoms with van der Waals surface area (Å²) in [5.74, 6) is -1.97. The van der Waals surface area contributed by atoms with Crippen LogP contribution in [-0.4, -0.2) is 58.7 Å². The van der Waals surface area contributed by atoms with Gasteiger partial charge in [0, 0.05) is 54.6 Å². The van der Waals surface area contributed by atoms with Gasteiger partial charge in [0.15, 0.2) is 0 Å². The summed E-state index contributed by atoms with van der Waals surface area (Å²) in [6.45, 7) is 3.71. The molecule has 0 atom stereocenters. The Morgan fingerprint density at radius 2 is 1.84 bits per heavy atom. The molecule has 0 spiro atoms. The van der Waals surface area contributed by atoms with Crippen molar-refractivity contribution in [1.82, 2.24) is 20.6 Å². The molecule has 0 radical (unpaired) electrons. The van der Waals surface area contributed by atoms with Crippen LogP contribution in [0.3, 0.4) is 0 Å². The number of aromatic amines is 1. The van der Waals surface area contributed by atoms with Gasteiger partial charge < -0.3 is 25.5 Å². The van der Waals surface area contributed by atoms with Gasteiger partial charge in [-0.05, 0) is 55.8 Å². The molecule has 202 valence electrons. The van der Waals surface area contributed by atoms with Crippen molar-refractivity contribution in [3.05, 3.63) is 59.9 Å². The second-order valence-electron chi connectivity index (χ2n) is 8.24. The lowest BCUT2D eigenvalue weighted by atomic mass is 10.1. The maximum Gasteiger partial charge on any atom is 0.490 e. The molecule has 2 aromatic heterocycles. The number of aliphatic carboxylic acids is 1. The summed E-state index contributed by atoms with van der Waals surface area (Å²) >= 11 is 0. The SMILES string of the molecule is CCNC(=O)CCCOc1ccc(-c2cc(-c3cc4c([nH]3)CCNC4=O)ccn2)cc1.O=C(O)C(F)(F)F. The van der Waals surface area contributed by atoms with E-state index >= 15 is 0 Å². The summed E-state index contributed by atoms with van der Waals surface area (Å²) in [6.07, 6.45) is -1.36. The second kappa shape index (κ2) is 12.7. The molecule has 4 rings (SSSR count). The first-order valence-electron chi connectivity index (χ1n) is 11.8. The first kappa shape index (κ1) is 28.2. The highest BCUT2D eigenvalue weighted by atomic mass is 19.4. The van der Waals surface area contributed by atoms with E-state index in [1.165, 1.54) is 0 Å². The Balaban J connectivity index is 0.000000505. The highest BCUT2D eigenvalue weighted by molar-refractivity contribution is 5.97. The third kappa shape index (κ3) is 7.82. The van der Waals surface area contributed by atoms with Crippen molar-refractivity contribution >= 4 is 17.8 Å². The van der Waals surface area contributed by atoms with E-state index in [0.29, 0.717) is 38.1 Å². The van der Waals surface area contributed by atoms with E-state index in [4.69, 9.17) is 14.6 Å². The molecule has 1 aromatic carbocycles. The molecule has 0 aliphatic carbocycles. The molecule has 38 heavy (non-hydrogen) atoms. The number of fused-ring (bicyclic) bond motifs is 1. The number of nitrogens with zero attached hydrogens (tertiary/aromatic N) is 1. The molecule has 0 bridgehead atoms. The van der Waals surface area contributed by atoms with Crippen LogP contribution in [0.5, 0.6) is 5.75 Å². The lowest BCUT2D eigenvalue weighted by Crippen LogP contribution is -2.31. The number of amides is 2. The maximum absolute atomic E-state index is 12.0. The zero-order valence-corrected chi connectivity index (χ0v) is 20.5. The quantitative estimate of drug-likeness (QED) is 0.325. The van der Waals surface area contributed by atoms with Crippen LogP contribution in [0.25, 0.3) is 22.5 Å². The van der Waals surface area contributed by atoms with E-state index in [9.17, 15) is 22.8 Å². The van der Waals surface area contributed by atoms with E-state index in [1.807, 2.05) is 49.4 Å². The molecule has 0 saturated heterocycles. The van der Waals surface area contributed by atoms with Gasteiger partial charge in [0.05, 0.1) is 17.9 Å². The minimum absolute atomic E-state index is 0.0281. The number of nitrogens with one attached hydrogen (secondary N) is 3. The number of carbonyl (C=O) groups is 3. The summed E-state index contributed by atoms with van der Waals surface area (Å²) in [5.41, 5.74) is 5.41. The Kier molecular flexibility index (Phi) is 9.47. The lowest BCUT2D eigenvalue weighted by molar-refractivity contribution is -0.192. The largest absolute Gasteiger partial charge is 0.494 e. The number of carboxylic acid groups (broad SMARTS) is 1. The van der Waals surface area contributed by atoms with Gasteiger partial charge >= 0.3 is 12.1 Å².